The zero-order valence-electron chi connectivity index (χ0n) is 22.0. The first-order valence-electron chi connectivity index (χ1n) is 12.4. The van der Waals surface area contributed by atoms with Crippen molar-refractivity contribution in [3.8, 4) is 17.1 Å². The van der Waals surface area contributed by atoms with Crippen molar-refractivity contribution >= 4 is 32.9 Å². The minimum atomic E-state index is -1.16. The van der Waals surface area contributed by atoms with E-state index in [2.05, 4.69) is 30.4 Å². The largest absolute Gasteiger partial charge is 0.391 e. The van der Waals surface area contributed by atoms with Crippen molar-refractivity contribution in [3.63, 3.8) is 0 Å². The standard InChI is InChI=1S/C25H28N8O4S2/c1-11(34)22-23(36-5)20(32-9-17(29-31-32)18-10-38-13(3)27-18)21(35)24(37-22)25-26-12(2)30-33(25)15-6-7-16-19(8-15)39-14(4)28-16/h6-11,20-24,34-35H,1-5H3/t11?,20?,21?,22?,23-,24?/m1/s1. The second kappa shape index (κ2) is 10.1. The maximum absolute atomic E-state index is 11.8. The SMILES string of the molecule is CO[C@H]1C(C(C)O)OC(c2nc(C)nn2-c2ccc3nc(C)sc3c2)C(O)C1n1cc(-c2csc(C)n2)nn1. The number of ether oxygens (including phenoxy) is 2. The summed E-state index contributed by atoms with van der Waals surface area (Å²) in [5.74, 6) is 0.920. The van der Waals surface area contributed by atoms with Gasteiger partial charge in [0.2, 0.25) is 0 Å². The van der Waals surface area contributed by atoms with Gasteiger partial charge in [-0.25, -0.2) is 24.3 Å². The van der Waals surface area contributed by atoms with Gasteiger partial charge in [-0.2, -0.15) is 5.10 Å². The predicted octanol–water partition coefficient (Wildman–Crippen LogP) is 2.96. The molecule has 5 aromatic rings. The molecule has 6 rings (SSSR count). The van der Waals surface area contributed by atoms with Gasteiger partial charge in [0, 0.05) is 12.5 Å². The van der Waals surface area contributed by atoms with E-state index in [9.17, 15) is 10.2 Å². The highest BCUT2D eigenvalue weighted by Gasteiger charge is 2.50. The molecule has 0 bridgehead atoms. The van der Waals surface area contributed by atoms with E-state index in [0.717, 1.165) is 25.9 Å². The number of methoxy groups -OCH3 is 1. The number of hydrogen-bond donors (Lipinski definition) is 2. The van der Waals surface area contributed by atoms with Gasteiger partial charge in [0.15, 0.2) is 5.82 Å². The number of aromatic nitrogens is 8. The fourth-order valence-corrected chi connectivity index (χ4v) is 6.53. The summed E-state index contributed by atoms with van der Waals surface area (Å²) < 4.78 is 16.4. The lowest BCUT2D eigenvalue weighted by Crippen LogP contribution is -2.56. The van der Waals surface area contributed by atoms with Gasteiger partial charge in [0.1, 0.15) is 47.7 Å². The Bertz CT molecular complexity index is 1630. The molecule has 0 spiro atoms. The van der Waals surface area contributed by atoms with Crippen molar-refractivity contribution in [2.45, 2.75) is 64.3 Å². The Morgan fingerprint density at radius 1 is 1.10 bits per heavy atom. The van der Waals surface area contributed by atoms with Crippen molar-refractivity contribution in [2.24, 2.45) is 0 Å². The zero-order chi connectivity index (χ0) is 27.4. The molecule has 1 fully saturated rings. The Hall–Kier alpha value is -3.14. The van der Waals surface area contributed by atoms with E-state index in [1.807, 2.05) is 37.4 Å². The molecule has 204 valence electrons. The predicted molar refractivity (Wildman–Crippen MR) is 145 cm³/mol. The van der Waals surface area contributed by atoms with Crippen LogP contribution in [0.2, 0.25) is 0 Å². The number of rotatable bonds is 6. The normalized spacial score (nSPS) is 24.4. The number of hydrogen-bond acceptors (Lipinski definition) is 12. The fraction of sp³-hybridized carbons (Fsp3) is 0.440. The number of benzene rings is 1. The molecule has 1 aliphatic heterocycles. The first-order chi connectivity index (χ1) is 18.7. The summed E-state index contributed by atoms with van der Waals surface area (Å²) in [5.41, 5.74) is 2.94. The third kappa shape index (κ3) is 4.66. The first kappa shape index (κ1) is 26.1. The van der Waals surface area contributed by atoms with Gasteiger partial charge < -0.3 is 19.7 Å². The minimum absolute atomic E-state index is 0.404. The van der Waals surface area contributed by atoms with Crippen LogP contribution in [0.1, 0.15) is 40.7 Å². The molecule has 14 heteroatoms. The summed E-state index contributed by atoms with van der Waals surface area (Å²) in [6.45, 7) is 7.30. The molecule has 6 atom stereocenters. The highest BCUT2D eigenvalue weighted by atomic mass is 32.1. The Balaban J connectivity index is 1.42. The van der Waals surface area contributed by atoms with Crippen LogP contribution in [0.5, 0.6) is 0 Å². The number of aliphatic hydroxyl groups excluding tert-OH is 2. The van der Waals surface area contributed by atoms with E-state index in [1.54, 1.807) is 40.7 Å². The number of aryl methyl sites for hydroxylation is 3. The lowest BCUT2D eigenvalue weighted by molar-refractivity contribution is -0.231. The topological polar surface area (TPSA) is 146 Å². The summed E-state index contributed by atoms with van der Waals surface area (Å²) in [4.78, 5) is 13.7. The molecule has 0 amide bonds. The number of thiazole rings is 2. The van der Waals surface area contributed by atoms with Crippen LogP contribution in [0, 0.1) is 20.8 Å². The lowest BCUT2D eigenvalue weighted by Gasteiger charge is -2.44. The second-order valence-corrected chi connectivity index (χ2v) is 11.9. The van der Waals surface area contributed by atoms with Crippen molar-refractivity contribution in [1.82, 2.24) is 39.7 Å². The van der Waals surface area contributed by atoms with E-state index in [-0.39, 0.29) is 0 Å². The third-order valence-electron chi connectivity index (χ3n) is 6.79. The van der Waals surface area contributed by atoms with Gasteiger partial charge in [0.05, 0.1) is 38.2 Å². The van der Waals surface area contributed by atoms with Gasteiger partial charge in [-0.1, -0.05) is 5.21 Å². The van der Waals surface area contributed by atoms with Crippen LogP contribution < -0.4 is 0 Å². The maximum atomic E-state index is 11.8. The second-order valence-electron chi connectivity index (χ2n) is 9.59. The van der Waals surface area contributed by atoms with Gasteiger partial charge in [0.25, 0.3) is 0 Å². The molecule has 4 aromatic heterocycles. The molecule has 2 N–H and O–H groups in total. The summed E-state index contributed by atoms with van der Waals surface area (Å²) in [6, 6.07) is 5.10. The molecule has 0 radical (unpaired) electrons. The van der Waals surface area contributed by atoms with Crippen molar-refractivity contribution in [3.05, 3.63) is 51.4 Å². The number of nitrogens with zero attached hydrogens (tertiary/aromatic N) is 8. The smallest absolute Gasteiger partial charge is 0.164 e. The average Bonchev–Trinajstić information content (AvgIpc) is 3.69. The van der Waals surface area contributed by atoms with Gasteiger partial charge >= 0.3 is 0 Å². The molecule has 1 aliphatic rings. The Morgan fingerprint density at radius 2 is 1.92 bits per heavy atom. The van der Waals surface area contributed by atoms with Crippen LogP contribution in [0.25, 0.3) is 27.3 Å². The zero-order valence-corrected chi connectivity index (χ0v) is 23.6. The molecule has 5 heterocycles. The van der Waals surface area contributed by atoms with Gasteiger partial charge in [-0.15, -0.1) is 27.8 Å². The fourth-order valence-electron chi connectivity index (χ4n) is 5.06. The highest BCUT2D eigenvalue weighted by Crippen LogP contribution is 2.41. The van der Waals surface area contributed by atoms with Crippen LogP contribution in [-0.4, -0.2) is 81.5 Å². The van der Waals surface area contributed by atoms with E-state index >= 15 is 0 Å². The molecule has 5 unspecified atom stereocenters. The maximum Gasteiger partial charge on any atom is 0.164 e. The Morgan fingerprint density at radius 3 is 2.64 bits per heavy atom. The van der Waals surface area contributed by atoms with Crippen LogP contribution in [0.4, 0.5) is 0 Å². The lowest BCUT2D eigenvalue weighted by atomic mass is 9.89. The molecule has 0 aliphatic carbocycles. The average molecular weight is 569 g/mol. The van der Waals surface area contributed by atoms with E-state index < -0.39 is 36.6 Å². The summed E-state index contributed by atoms with van der Waals surface area (Å²) in [5, 5.41) is 39.5. The van der Waals surface area contributed by atoms with Crippen LogP contribution in [0.3, 0.4) is 0 Å². The van der Waals surface area contributed by atoms with Crippen molar-refractivity contribution in [1.29, 1.82) is 0 Å². The number of aliphatic hydroxyl groups is 2. The van der Waals surface area contributed by atoms with Crippen molar-refractivity contribution in [2.75, 3.05) is 7.11 Å². The van der Waals surface area contributed by atoms with E-state index in [1.165, 1.54) is 18.4 Å². The summed E-state index contributed by atoms with van der Waals surface area (Å²) in [7, 11) is 1.52. The molecule has 39 heavy (non-hydrogen) atoms. The van der Waals surface area contributed by atoms with Gasteiger partial charge in [-0.05, 0) is 45.9 Å². The highest BCUT2D eigenvalue weighted by molar-refractivity contribution is 7.18. The third-order valence-corrected chi connectivity index (χ3v) is 8.49. The first-order valence-corrected chi connectivity index (χ1v) is 14.1. The Kier molecular flexibility index (Phi) is 6.77. The van der Waals surface area contributed by atoms with E-state index in [0.29, 0.717) is 23.0 Å². The quantitative estimate of drug-likeness (QED) is 0.313. The minimum Gasteiger partial charge on any atom is -0.391 e. The molecule has 1 aromatic carbocycles. The molecular formula is C25H28N8O4S2. The molecule has 0 saturated carbocycles. The molecular weight excluding hydrogens is 540 g/mol. The number of fused-ring (bicyclic) bond motifs is 1. The summed E-state index contributed by atoms with van der Waals surface area (Å²) in [6.07, 6.45) is -2.81. The summed E-state index contributed by atoms with van der Waals surface area (Å²) >= 11 is 3.11. The van der Waals surface area contributed by atoms with Crippen LogP contribution in [0.15, 0.2) is 29.8 Å². The molecule has 12 nitrogen and oxygen atoms in total. The monoisotopic (exact) mass is 568 g/mol. The van der Waals surface area contributed by atoms with Crippen LogP contribution >= 0.6 is 22.7 Å². The van der Waals surface area contributed by atoms with Gasteiger partial charge in [-0.3, -0.25) is 0 Å². The van der Waals surface area contributed by atoms with Crippen LogP contribution in [-0.2, 0) is 9.47 Å². The van der Waals surface area contributed by atoms with E-state index in [4.69, 9.17) is 9.47 Å². The van der Waals surface area contributed by atoms with Crippen molar-refractivity contribution < 1.29 is 19.7 Å². The molecule has 1 saturated heterocycles. The Labute approximate surface area is 231 Å².